The van der Waals surface area contributed by atoms with Gasteiger partial charge in [0.1, 0.15) is 25.3 Å². The van der Waals surface area contributed by atoms with Gasteiger partial charge < -0.3 is 35.1 Å². The third kappa shape index (κ3) is 16.8. The monoisotopic (exact) mass is 942 g/mol. The van der Waals surface area contributed by atoms with Gasteiger partial charge in [0.15, 0.2) is 0 Å². The highest BCUT2D eigenvalue weighted by atomic mass is 79.9. The van der Waals surface area contributed by atoms with Crippen molar-refractivity contribution < 1.29 is 43.2 Å². The number of nitrogens with zero attached hydrogens (tertiary/aromatic N) is 2. The number of rotatable bonds is 13. The number of ether oxygens (including phenoxy) is 4. The van der Waals surface area contributed by atoms with E-state index in [0.717, 1.165) is 30.5 Å². The minimum Gasteiger partial charge on any atom is -0.481 e. The number of carbonyl (C=O) groups excluding carboxylic acids is 3. The first-order valence-electron chi connectivity index (χ1n) is 17.4. The molecule has 13 nitrogen and oxygen atoms in total. The van der Waals surface area contributed by atoms with Gasteiger partial charge in [0.05, 0.1) is 25.0 Å². The normalized spacial score (nSPS) is 12.0. The van der Waals surface area contributed by atoms with Gasteiger partial charge in [-0.25, -0.2) is 14.8 Å². The number of pyridine rings is 2. The first kappa shape index (κ1) is 53.0. The van der Waals surface area contributed by atoms with Crippen molar-refractivity contribution in [2.75, 3.05) is 27.4 Å². The van der Waals surface area contributed by atoms with Crippen molar-refractivity contribution in [2.24, 2.45) is 28.4 Å². The Bertz CT molecular complexity index is 1940. The molecule has 2 atom stereocenters. The van der Waals surface area contributed by atoms with Crippen molar-refractivity contribution in [1.82, 2.24) is 15.3 Å². The van der Waals surface area contributed by atoms with Crippen LogP contribution in [-0.4, -0.2) is 78.4 Å². The molecular formula is C41H57Br2ClN4O9. The second-order valence-corrected chi connectivity index (χ2v) is 16.5. The fourth-order valence-electron chi connectivity index (χ4n) is 4.35. The summed E-state index contributed by atoms with van der Waals surface area (Å²) in [4.78, 5) is 54.6. The molecule has 0 saturated carbocycles. The van der Waals surface area contributed by atoms with Crippen LogP contribution in [0.5, 0.6) is 11.8 Å². The summed E-state index contributed by atoms with van der Waals surface area (Å²) in [5, 5.41) is 15.8. The van der Waals surface area contributed by atoms with Crippen LogP contribution in [0.3, 0.4) is 0 Å². The van der Waals surface area contributed by atoms with Crippen LogP contribution < -0.4 is 20.5 Å². The third-order valence-electron chi connectivity index (χ3n) is 8.27. The van der Waals surface area contributed by atoms with Crippen molar-refractivity contribution in [2.45, 2.75) is 74.9 Å². The zero-order chi connectivity index (χ0) is 41.7. The topological polar surface area (TPSA) is 189 Å². The van der Waals surface area contributed by atoms with Crippen LogP contribution in [0, 0.1) is 22.7 Å². The number of hydrogen-bond acceptors (Lipinski definition) is 11. The van der Waals surface area contributed by atoms with E-state index in [4.69, 9.17) is 25.1 Å². The molecule has 16 heteroatoms. The summed E-state index contributed by atoms with van der Waals surface area (Å²) in [5.74, 6) is -1.04. The SMILES string of the molecule is C.CC(C)(COc1cc2cc(Br)ccc2cn1)C(=O)O.COC(=O)[C@@H](N)C(C)C.COC(=O)[C@@H](NC(=O)C(C)(C)COc1cc2cc(Br)ccc2cn1)C(C)C.Cl. The summed E-state index contributed by atoms with van der Waals surface area (Å²) in [6, 6.07) is 14.2. The Labute approximate surface area is 358 Å². The molecule has 0 aliphatic heterocycles. The van der Waals surface area contributed by atoms with Crippen LogP contribution >= 0.6 is 44.3 Å². The highest BCUT2D eigenvalue weighted by Gasteiger charge is 2.34. The van der Waals surface area contributed by atoms with Gasteiger partial charge in [-0.1, -0.05) is 79.1 Å². The number of hydrogen-bond donors (Lipinski definition) is 3. The maximum Gasteiger partial charge on any atom is 0.328 e. The summed E-state index contributed by atoms with van der Waals surface area (Å²) in [5.41, 5.74) is 3.61. The van der Waals surface area contributed by atoms with E-state index in [2.05, 4.69) is 51.9 Å². The Morgan fingerprint density at radius 1 is 0.719 bits per heavy atom. The number of nitrogens with two attached hydrogens (primary N) is 1. The number of aromatic nitrogens is 2. The number of esters is 2. The zero-order valence-corrected chi connectivity index (χ0v) is 37.3. The fourth-order valence-corrected chi connectivity index (χ4v) is 5.10. The molecule has 0 radical (unpaired) electrons. The predicted molar refractivity (Wildman–Crippen MR) is 233 cm³/mol. The standard InChI is InChI=1S/C20H25BrN2O4.C14H14BrNO3.C6H13NO2.CH4.ClH/c1-12(2)17(18(24)26-5)23-19(25)20(3,4)11-27-16-9-14-8-15(21)7-6-13(14)10-22-16;1-14(2,13(17)18)8-19-12-6-10-5-11(15)4-3-9(10)7-16-12;1-4(2)5(7)6(8)9-3;;/h6-10,12,17H,11H2,1-5H3,(H,23,25);3-7H,8H2,1-2H3,(H,17,18);4-5H,7H2,1-3H3;1H4;1H/t17-;;5-;;/m0.0../s1. The van der Waals surface area contributed by atoms with E-state index in [-0.39, 0.29) is 56.8 Å². The van der Waals surface area contributed by atoms with Crippen LogP contribution in [0.15, 0.2) is 69.9 Å². The summed E-state index contributed by atoms with van der Waals surface area (Å²) in [7, 11) is 2.65. The predicted octanol–water partition coefficient (Wildman–Crippen LogP) is 8.40. The zero-order valence-electron chi connectivity index (χ0n) is 33.3. The van der Waals surface area contributed by atoms with Crippen LogP contribution in [0.4, 0.5) is 0 Å². The van der Waals surface area contributed by atoms with Gasteiger partial charge in [0, 0.05) is 44.2 Å². The van der Waals surface area contributed by atoms with E-state index in [9.17, 15) is 19.2 Å². The molecule has 1 amide bonds. The summed E-state index contributed by atoms with van der Waals surface area (Å²) in [6.07, 6.45) is 3.45. The van der Waals surface area contributed by atoms with Crippen LogP contribution in [-0.2, 0) is 28.7 Å². The number of carboxylic acids is 1. The van der Waals surface area contributed by atoms with E-state index in [1.54, 1.807) is 46.2 Å². The van der Waals surface area contributed by atoms with E-state index in [1.165, 1.54) is 14.2 Å². The fraction of sp³-hybridized carbons (Fsp3) is 0.463. The number of aliphatic carboxylic acids is 1. The molecule has 0 bridgehead atoms. The highest BCUT2D eigenvalue weighted by Crippen LogP contribution is 2.26. The molecular weight excluding hydrogens is 888 g/mol. The Morgan fingerprint density at radius 2 is 1.14 bits per heavy atom. The number of nitrogens with one attached hydrogen (secondary N) is 1. The smallest absolute Gasteiger partial charge is 0.328 e. The number of methoxy groups -OCH3 is 2. The van der Waals surface area contributed by atoms with Gasteiger partial charge in [-0.2, -0.15) is 0 Å². The summed E-state index contributed by atoms with van der Waals surface area (Å²) in [6.45, 7) is 14.4. The average molecular weight is 945 g/mol. The maximum atomic E-state index is 12.7. The summed E-state index contributed by atoms with van der Waals surface area (Å²) >= 11 is 6.85. The minimum absolute atomic E-state index is 0. The van der Waals surface area contributed by atoms with Gasteiger partial charge in [0.2, 0.25) is 17.7 Å². The molecule has 316 valence electrons. The minimum atomic E-state index is -0.937. The van der Waals surface area contributed by atoms with E-state index < -0.39 is 34.9 Å². The van der Waals surface area contributed by atoms with Crippen molar-refractivity contribution in [3.8, 4) is 11.8 Å². The maximum absolute atomic E-state index is 12.7. The van der Waals surface area contributed by atoms with Crippen LogP contribution in [0.25, 0.3) is 21.5 Å². The number of benzene rings is 2. The van der Waals surface area contributed by atoms with E-state index >= 15 is 0 Å². The molecule has 0 aliphatic rings. The number of carboxylic acid groups (broad SMARTS) is 1. The molecule has 4 aromatic rings. The molecule has 0 spiro atoms. The van der Waals surface area contributed by atoms with E-state index in [0.29, 0.717) is 11.8 Å². The second kappa shape index (κ2) is 24.0. The molecule has 2 aromatic carbocycles. The van der Waals surface area contributed by atoms with Crippen LogP contribution in [0.1, 0.15) is 62.8 Å². The van der Waals surface area contributed by atoms with Crippen molar-refractivity contribution in [1.29, 1.82) is 0 Å². The second-order valence-electron chi connectivity index (χ2n) is 14.7. The molecule has 4 rings (SSSR count). The first-order chi connectivity index (χ1) is 25.6. The Morgan fingerprint density at radius 3 is 1.49 bits per heavy atom. The van der Waals surface area contributed by atoms with Crippen LogP contribution in [0.2, 0.25) is 0 Å². The first-order valence-corrected chi connectivity index (χ1v) is 19.0. The Balaban J connectivity index is 0.000000911. The Kier molecular flexibility index (Phi) is 22.3. The van der Waals surface area contributed by atoms with Gasteiger partial charge >= 0.3 is 17.9 Å². The molecule has 0 unspecified atom stereocenters. The molecule has 2 aromatic heterocycles. The molecule has 0 saturated heterocycles. The molecule has 57 heavy (non-hydrogen) atoms. The molecule has 0 aliphatic carbocycles. The van der Waals surface area contributed by atoms with E-state index in [1.807, 2.05) is 70.2 Å². The lowest BCUT2D eigenvalue weighted by Crippen LogP contribution is -2.51. The Hall–Kier alpha value is -4.05. The highest BCUT2D eigenvalue weighted by molar-refractivity contribution is 9.10. The van der Waals surface area contributed by atoms with Crippen molar-refractivity contribution in [3.05, 3.63) is 69.9 Å². The average Bonchev–Trinajstić information content (AvgIpc) is 3.14. The van der Waals surface area contributed by atoms with Gasteiger partial charge in [0.25, 0.3) is 0 Å². The number of carbonyl (C=O) groups is 4. The lowest BCUT2D eigenvalue weighted by Gasteiger charge is -2.27. The quantitative estimate of drug-likeness (QED) is 0.109. The van der Waals surface area contributed by atoms with Crippen molar-refractivity contribution in [3.63, 3.8) is 0 Å². The number of fused-ring (bicyclic) bond motifs is 2. The third-order valence-corrected chi connectivity index (χ3v) is 9.26. The summed E-state index contributed by atoms with van der Waals surface area (Å²) < 4.78 is 22.4. The lowest BCUT2D eigenvalue weighted by atomic mass is 9.92. The lowest BCUT2D eigenvalue weighted by molar-refractivity contribution is -0.148. The molecule has 2 heterocycles. The molecule has 4 N–H and O–H groups in total. The van der Waals surface area contributed by atoms with Gasteiger partial charge in [-0.3, -0.25) is 14.4 Å². The van der Waals surface area contributed by atoms with Crippen molar-refractivity contribution >= 4 is 89.6 Å². The largest absolute Gasteiger partial charge is 0.481 e. The number of halogens is 3. The number of amides is 1. The van der Waals surface area contributed by atoms with Gasteiger partial charge in [-0.05, 0) is 74.6 Å². The molecule has 0 fully saturated rings. The van der Waals surface area contributed by atoms with Gasteiger partial charge in [-0.15, -0.1) is 12.4 Å².